The van der Waals surface area contributed by atoms with E-state index in [-0.39, 0.29) is 5.78 Å². The Labute approximate surface area is 138 Å². The van der Waals surface area contributed by atoms with E-state index in [9.17, 15) is 4.79 Å². The normalized spacial score (nSPS) is 14.7. The second-order valence-corrected chi connectivity index (χ2v) is 7.35. The van der Waals surface area contributed by atoms with E-state index in [0.717, 1.165) is 14.9 Å². The Kier molecular flexibility index (Phi) is 4.81. The maximum absolute atomic E-state index is 12.5. The van der Waals surface area contributed by atoms with Crippen molar-refractivity contribution in [3.8, 4) is 0 Å². The van der Waals surface area contributed by atoms with Gasteiger partial charge >= 0.3 is 0 Å². The predicted molar refractivity (Wildman–Crippen MR) is 92.2 cm³/mol. The molecule has 0 amide bonds. The standard InChI is InChI=1S/C18H17BrOS/c19-14-7-4-8-15(11-14)21-12-18(20)17-10-2-1-9-16(17)13-5-3-6-13/h1-2,4,7-11,13H,3,5-6,12H2. The van der Waals surface area contributed by atoms with Crippen molar-refractivity contribution in [2.75, 3.05) is 5.75 Å². The van der Waals surface area contributed by atoms with E-state index < -0.39 is 0 Å². The maximum Gasteiger partial charge on any atom is 0.173 e. The Morgan fingerprint density at radius 3 is 2.67 bits per heavy atom. The summed E-state index contributed by atoms with van der Waals surface area (Å²) in [5.41, 5.74) is 2.17. The van der Waals surface area contributed by atoms with E-state index in [2.05, 4.69) is 28.1 Å². The highest BCUT2D eigenvalue weighted by Crippen LogP contribution is 2.38. The van der Waals surface area contributed by atoms with Crippen LogP contribution in [-0.2, 0) is 0 Å². The summed E-state index contributed by atoms with van der Waals surface area (Å²) in [4.78, 5) is 13.7. The van der Waals surface area contributed by atoms with Gasteiger partial charge in [-0.15, -0.1) is 11.8 Å². The summed E-state index contributed by atoms with van der Waals surface area (Å²) in [7, 11) is 0. The fraction of sp³-hybridized carbons (Fsp3) is 0.278. The number of thioether (sulfide) groups is 1. The first-order chi connectivity index (χ1) is 10.2. The smallest absolute Gasteiger partial charge is 0.173 e. The lowest BCUT2D eigenvalue weighted by Crippen LogP contribution is -2.14. The molecule has 1 aliphatic rings. The molecule has 0 atom stereocenters. The number of carbonyl (C=O) groups excluding carboxylic acids is 1. The lowest BCUT2D eigenvalue weighted by atomic mass is 9.78. The van der Waals surface area contributed by atoms with Gasteiger partial charge in [-0.3, -0.25) is 4.79 Å². The highest BCUT2D eigenvalue weighted by molar-refractivity contribution is 9.10. The Balaban J connectivity index is 1.71. The van der Waals surface area contributed by atoms with Crippen LogP contribution in [0.1, 0.15) is 41.1 Å². The zero-order valence-electron chi connectivity index (χ0n) is 11.7. The fourth-order valence-electron chi connectivity index (χ4n) is 2.61. The van der Waals surface area contributed by atoms with Crippen LogP contribution in [0.25, 0.3) is 0 Å². The molecule has 0 aromatic heterocycles. The summed E-state index contributed by atoms with van der Waals surface area (Å²) in [6.45, 7) is 0. The van der Waals surface area contributed by atoms with Crippen LogP contribution < -0.4 is 0 Å². The van der Waals surface area contributed by atoms with Crippen LogP contribution in [0.3, 0.4) is 0 Å². The monoisotopic (exact) mass is 360 g/mol. The van der Waals surface area contributed by atoms with Gasteiger partial charge in [-0.1, -0.05) is 52.7 Å². The van der Waals surface area contributed by atoms with Crippen molar-refractivity contribution in [1.82, 2.24) is 0 Å². The van der Waals surface area contributed by atoms with E-state index >= 15 is 0 Å². The summed E-state index contributed by atoms with van der Waals surface area (Å²) in [5, 5.41) is 0. The summed E-state index contributed by atoms with van der Waals surface area (Å²) in [6, 6.07) is 16.2. The Bertz CT molecular complexity index is 649. The van der Waals surface area contributed by atoms with Crippen molar-refractivity contribution in [2.45, 2.75) is 30.1 Å². The van der Waals surface area contributed by atoms with Gasteiger partial charge in [0, 0.05) is 14.9 Å². The van der Waals surface area contributed by atoms with Crippen LogP contribution >= 0.6 is 27.7 Å². The minimum absolute atomic E-state index is 0.238. The molecule has 0 unspecified atom stereocenters. The third-order valence-corrected chi connectivity index (χ3v) is 5.46. The number of hydrogen-bond acceptors (Lipinski definition) is 2. The zero-order chi connectivity index (χ0) is 14.7. The van der Waals surface area contributed by atoms with Gasteiger partial charge in [0.25, 0.3) is 0 Å². The number of ketones is 1. The summed E-state index contributed by atoms with van der Waals surface area (Å²) < 4.78 is 1.05. The van der Waals surface area contributed by atoms with Crippen molar-refractivity contribution in [2.24, 2.45) is 0 Å². The molecule has 2 aromatic carbocycles. The second-order valence-electron chi connectivity index (χ2n) is 5.38. The Morgan fingerprint density at radius 1 is 1.14 bits per heavy atom. The molecule has 3 rings (SSSR count). The van der Waals surface area contributed by atoms with Crippen LogP contribution in [0.5, 0.6) is 0 Å². The molecule has 2 aromatic rings. The lowest BCUT2D eigenvalue weighted by Gasteiger charge is -2.27. The lowest BCUT2D eigenvalue weighted by molar-refractivity contribution is 0.102. The summed E-state index contributed by atoms with van der Waals surface area (Å²) in [6.07, 6.45) is 3.74. The van der Waals surface area contributed by atoms with Crippen molar-refractivity contribution in [3.63, 3.8) is 0 Å². The van der Waals surface area contributed by atoms with Gasteiger partial charge in [-0.05, 0) is 42.5 Å². The SMILES string of the molecule is O=C(CSc1cccc(Br)c1)c1ccccc1C1CCC1. The second kappa shape index (κ2) is 6.80. The van der Waals surface area contributed by atoms with Gasteiger partial charge in [0.2, 0.25) is 0 Å². The van der Waals surface area contributed by atoms with Gasteiger partial charge in [0.1, 0.15) is 0 Å². The van der Waals surface area contributed by atoms with Gasteiger partial charge < -0.3 is 0 Å². The average Bonchev–Trinajstić information content (AvgIpc) is 2.44. The van der Waals surface area contributed by atoms with Gasteiger partial charge in [0.15, 0.2) is 5.78 Å². The van der Waals surface area contributed by atoms with Crippen LogP contribution in [0.2, 0.25) is 0 Å². The molecule has 1 saturated carbocycles. The number of hydrogen-bond donors (Lipinski definition) is 0. The quantitative estimate of drug-likeness (QED) is 0.503. The van der Waals surface area contributed by atoms with E-state index in [1.807, 2.05) is 36.4 Å². The third kappa shape index (κ3) is 3.58. The molecule has 1 nitrogen and oxygen atoms in total. The molecule has 0 heterocycles. The minimum Gasteiger partial charge on any atom is -0.293 e. The first-order valence-electron chi connectivity index (χ1n) is 7.24. The van der Waals surface area contributed by atoms with Crippen LogP contribution in [-0.4, -0.2) is 11.5 Å². The van der Waals surface area contributed by atoms with E-state index in [4.69, 9.17) is 0 Å². The maximum atomic E-state index is 12.5. The van der Waals surface area contributed by atoms with Crippen molar-refractivity contribution >= 4 is 33.5 Å². The molecule has 0 saturated heterocycles. The zero-order valence-corrected chi connectivity index (χ0v) is 14.1. The Hall–Kier alpha value is -1.06. The van der Waals surface area contributed by atoms with Crippen LogP contribution in [0, 0.1) is 0 Å². The molecule has 1 fully saturated rings. The molecule has 21 heavy (non-hydrogen) atoms. The number of carbonyl (C=O) groups is 1. The fourth-order valence-corrected chi connectivity index (χ4v) is 4.00. The summed E-state index contributed by atoms with van der Waals surface area (Å²) in [5.74, 6) is 1.34. The molecule has 0 spiro atoms. The first-order valence-corrected chi connectivity index (χ1v) is 9.02. The largest absolute Gasteiger partial charge is 0.293 e. The third-order valence-electron chi connectivity index (χ3n) is 3.97. The molecular weight excluding hydrogens is 344 g/mol. The first kappa shape index (κ1) is 14.9. The molecule has 0 bridgehead atoms. The van der Waals surface area contributed by atoms with Crippen molar-refractivity contribution < 1.29 is 4.79 Å². The molecule has 108 valence electrons. The molecule has 0 aliphatic heterocycles. The van der Waals surface area contributed by atoms with Gasteiger partial charge in [-0.2, -0.15) is 0 Å². The van der Waals surface area contributed by atoms with Crippen molar-refractivity contribution in [1.29, 1.82) is 0 Å². The predicted octanol–water partition coefficient (Wildman–Crippen LogP) is 5.69. The molecule has 1 aliphatic carbocycles. The molecule has 0 N–H and O–H groups in total. The van der Waals surface area contributed by atoms with E-state index in [0.29, 0.717) is 11.7 Å². The van der Waals surface area contributed by atoms with Gasteiger partial charge in [0.05, 0.1) is 5.75 Å². The van der Waals surface area contributed by atoms with E-state index in [1.54, 1.807) is 11.8 Å². The number of benzene rings is 2. The number of Topliss-reactive ketones (excluding diaryl/α,β-unsaturated/α-hetero) is 1. The van der Waals surface area contributed by atoms with Crippen LogP contribution in [0.15, 0.2) is 57.9 Å². The van der Waals surface area contributed by atoms with Crippen molar-refractivity contribution in [3.05, 3.63) is 64.1 Å². The number of rotatable bonds is 5. The molecule has 0 radical (unpaired) electrons. The Morgan fingerprint density at radius 2 is 1.95 bits per heavy atom. The molecular formula is C18H17BrOS. The number of halogens is 1. The highest BCUT2D eigenvalue weighted by Gasteiger charge is 2.23. The van der Waals surface area contributed by atoms with E-state index in [1.165, 1.54) is 24.8 Å². The highest BCUT2D eigenvalue weighted by atomic mass is 79.9. The minimum atomic E-state index is 0.238. The topological polar surface area (TPSA) is 17.1 Å². The average molecular weight is 361 g/mol. The summed E-state index contributed by atoms with van der Waals surface area (Å²) >= 11 is 5.07. The molecule has 3 heteroatoms. The van der Waals surface area contributed by atoms with Gasteiger partial charge in [-0.25, -0.2) is 0 Å². The van der Waals surface area contributed by atoms with Crippen LogP contribution in [0.4, 0.5) is 0 Å².